The number of carbonyl (C=O) groups excluding carboxylic acids is 2. The zero-order chi connectivity index (χ0) is 24.7. The lowest BCUT2D eigenvalue weighted by Crippen LogP contribution is -2.43. The molecule has 2 N–H and O–H groups in total. The highest BCUT2D eigenvalue weighted by molar-refractivity contribution is 14.1. The first-order valence-corrected chi connectivity index (χ1v) is 12.8. The summed E-state index contributed by atoms with van der Waals surface area (Å²) in [6, 6.07) is 7.08. The van der Waals surface area contributed by atoms with Gasteiger partial charge in [-0.3, -0.25) is 20.4 Å². The maximum atomic E-state index is 13.6. The summed E-state index contributed by atoms with van der Waals surface area (Å²) in [6.07, 6.45) is 1.64. The van der Waals surface area contributed by atoms with Crippen LogP contribution in [0.3, 0.4) is 0 Å². The number of aryl methyl sites for hydroxylation is 1. The Morgan fingerprint density at radius 1 is 0.971 bits per heavy atom. The number of hydrogen-bond acceptors (Lipinski definition) is 6. The van der Waals surface area contributed by atoms with Gasteiger partial charge < -0.3 is 9.80 Å². The van der Waals surface area contributed by atoms with E-state index < -0.39 is 24.2 Å². The molecule has 5 rings (SSSR count). The van der Waals surface area contributed by atoms with Crippen LogP contribution in [0.4, 0.5) is 20.4 Å². The maximum absolute atomic E-state index is 13.6. The van der Waals surface area contributed by atoms with E-state index in [0.29, 0.717) is 16.7 Å². The molecule has 0 bridgehead atoms. The molecule has 3 aliphatic rings. The van der Waals surface area contributed by atoms with E-state index in [1.54, 1.807) is 13.0 Å². The summed E-state index contributed by atoms with van der Waals surface area (Å²) in [7, 11) is 0. The molecule has 2 saturated heterocycles. The third-order valence-corrected chi connectivity index (χ3v) is 7.83. The Kier molecular flexibility index (Phi) is 6.53. The van der Waals surface area contributed by atoms with Gasteiger partial charge in [-0.2, -0.15) is 0 Å². The van der Waals surface area contributed by atoms with Crippen molar-refractivity contribution in [3.05, 3.63) is 44.8 Å². The molecule has 2 atom stereocenters. The quantitative estimate of drug-likeness (QED) is 0.416. The number of benzene rings is 1. The van der Waals surface area contributed by atoms with Crippen LogP contribution in [-0.4, -0.2) is 60.3 Å². The smallest absolute Gasteiger partial charge is 0.288 e. The molecular weight excluding hydrogens is 569 g/mol. The second kappa shape index (κ2) is 9.47. The van der Waals surface area contributed by atoms with Crippen LogP contribution in [0.5, 0.6) is 0 Å². The average molecular weight is 596 g/mol. The monoisotopic (exact) mass is 596 g/mol. The maximum Gasteiger partial charge on any atom is 0.288 e. The minimum absolute atomic E-state index is 0.000822. The van der Waals surface area contributed by atoms with Crippen molar-refractivity contribution in [3.8, 4) is 0 Å². The van der Waals surface area contributed by atoms with Crippen LogP contribution in [0, 0.1) is 15.9 Å². The number of anilines is 2. The first-order chi connectivity index (χ1) is 16.7. The molecule has 186 valence electrons. The number of aromatic nitrogens is 2. The van der Waals surface area contributed by atoms with Crippen LogP contribution in [0.15, 0.2) is 24.3 Å². The van der Waals surface area contributed by atoms with Crippen molar-refractivity contribution in [3.63, 3.8) is 0 Å². The van der Waals surface area contributed by atoms with Crippen LogP contribution in [0.2, 0.25) is 0 Å². The predicted molar refractivity (Wildman–Crippen MR) is 136 cm³/mol. The number of alkyl halides is 2. The van der Waals surface area contributed by atoms with E-state index in [-0.39, 0.29) is 24.7 Å². The Labute approximate surface area is 216 Å². The lowest BCUT2D eigenvalue weighted by atomic mass is 9.93. The van der Waals surface area contributed by atoms with E-state index in [1.807, 2.05) is 12.1 Å². The standard InChI is InChI=1S/C24H27F2IN6O2/c1-14-10-19(29-23(28-14)33-12-17(25)18(26)13-33)22(35)31-30-21(34)16-3-2-15(27)11-20(16)32-8-6-24(4-5-24)7-9-32/h2-3,10-11,17-18H,4-9,12-13H2,1H3,(H,30,34)(H,31,35)/t17-,18+. The fourth-order valence-corrected chi connectivity index (χ4v) is 5.28. The van der Waals surface area contributed by atoms with Gasteiger partial charge in [0, 0.05) is 22.4 Å². The lowest BCUT2D eigenvalue weighted by molar-refractivity contribution is 0.0844. The van der Waals surface area contributed by atoms with Gasteiger partial charge in [-0.1, -0.05) is 0 Å². The predicted octanol–water partition coefficient (Wildman–Crippen LogP) is 3.34. The molecule has 3 fully saturated rings. The summed E-state index contributed by atoms with van der Waals surface area (Å²) in [5.41, 5.74) is 7.23. The minimum Gasteiger partial charge on any atom is -0.371 e. The normalized spacial score (nSPS) is 22.9. The van der Waals surface area contributed by atoms with Crippen molar-refractivity contribution < 1.29 is 18.4 Å². The highest BCUT2D eigenvalue weighted by Crippen LogP contribution is 2.54. The van der Waals surface area contributed by atoms with Gasteiger partial charge in [0.1, 0.15) is 5.69 Å². The van der Waals surface area contributed by atoms with Gasteiger partial charge in [-0.25, -0.2) is 18.7 Å². The van der Waals surface area contributed by atoms with Gasteiger partial charge in [0.15, 0.2) is 12.3 Å². The van der Waals surface area contributed by atoms with Gasteiger partial charge in [0.25, 0.3) is 11.8 Å². The molecule has 11 heteroatoms. The number of nitrogens with one attached hydrogen (secondary N) is 2. The van der Waals surface area contributed by atoms with Crippen molar-refractivity contribution in [1.29, 1.82) is 0 Å². The number of halogens is 3. The van der Waals surface area contributed by atoms with E-state index >= 15 is 0 Å². The molecule has 8 nitrogen and oxygen atoms in total. The molecular formula is C24H27F2IN6O2. The molecule has 2 aliphatic heterocycles. The Morgan fingerprint density at radius 2 is 1.63 bits per heavy atom. The summed E-state index contributed by atoms with van der Waals surface area (Å²) in [6.45, 7) is 3.14. The third kappa shape index (κ3) is 5.19. The zero-order valence-electron chi connectivity index (χ0n) is 19.4. The minimum atomic E-state index is -1.62. The molecule has 1 aromatic heterocycles. The van der Waals surface area contributed by atoms with Gasteiger partial charge in [0.2, 0.25) is 5.95 Å². The number of hydrazine groups is 1. The molecule has 1 aromatic carbocycles. The molecule has 2 aromatic rings. The third-order valence-electron chi connectivity index (χ3n) is 7.16. The van der Waals surface area contributed by atoms with Crippen LogP contribution in [0.25, 0.3) is 0 Å². The molecule has 1 aliphatic carbocycles. The number of piperidine rings is 1. The van der Waals surface area contributed by atoms with Gasteiger partial charge in [-0.05, 0) is 84.9 Å². The number of rotatable bonds is 4. The second-order valence-electron chi connectivity index (χ2n) is 9.69. The molecule has 35 heavy (non-hydrogen) atoms. The molecule has 1 saturated carbocycles. The van der Waals surface area contributed by atoms with Gasteiger partial charge >= 0.3 is 0 Å². The summed E-state index contributed by atoms with van der Waals surface area (Å²) in [4.78, 5) is 37.8. The Hall–Kier alpha value is -2.57. The molecule has 3 heterocycles. The first-order valence-electron chi connectivity index (χ1n) is 11.8. The van der Waals surface area contributed by atoms with E-state index in [0.717, 1.165) is 35.2 Å². The van der Waals surface area contributed by atoms with Crippen molar-refractivity contribution >= 4 is 46.0 Å². The molecule has 1 spiro atoms. The first kappa shape index (κ1) is 24.1. The fourth-order valence-electron chi connectivity index (χ4n) is 4.80. The molecule has 0 radical (unpaired) electrons. The largest absolute Gasteiger partial charge is 0.371 e. The summed E-state index contributed by atoms with van der Waals surface area (Å²) in [5.74, 6) is -0.983. The van der Waals surface area contributed by atoms with E-state index in [4.69, 9.17) is 0 Å². The van der Waals surface area contributed by atoms with Crippen molar-refractivity contribution in [2.75, 3.05) is 36.0 Å². The topological polar surface area (TPSA) is 90.5 Å². The van der Waals surface area contributed by atoms with Crippen molar-refractivity contribution in [1.82, 2.24) is 20.8 Å². The van der Waals surface area contributed by atoms with E-state index in [9.17, 15) is 18.4 Å². The van der Waals surface area contributed by atoms with E-state index in [2.05, 4.69) is 48.3 Å². The Balaban J connectivity index is 1.26. The number of carbonyl (C=O) groups is 2. The van der Waals surface area contributed by atoms with E-state index in [1.165, 1.54) is 23.8 Å². The highest BCUT2D eigenvalue weighted by atomic mass is 127. The summed E-state index contributed by atoms with van der Waals surface area (Å²) < 4.78 is 28.3. The van der Waals surface area contributed by atoms with Gasteiger partial charge in [-0.15, -0.1) is 0 Å². The van der Waals surface area contributed by atoms with Gasteiger partial charge in [0.05, 0.1) is 24.3 Å². The lowest BCUT2D eigenvalue weighted by Gasteiger charge is -2.35. The average Bonchev–Trinajstić information content (AvgIpc) is 3.51. The SMILES string of the molecule is Cc1cc(C(=O)NNC(=O)c2ccc(I)cc2N2CCC3(CC2)CC3)nc(N2C[C@@H](F)[C@@H](F)C2)n1. The summed E-state index contributed by atoms with van der Waals surface area (Å²) >= 11 is 2.23. The van der Waals surface area contributed by atoms with Crippen LogP contribution < -0.4 is 20.7 Å². The number of nitrogens with zero attached hydrogens (tertiary/aromatic N) is 4. The van der Waals surface area contributed by atoms with Crippen LogP contribution in [-0.2, 0) is 0 Å². The molecule has 2 amide bonds. The summed E-state index contributed by atoms with van der Waals surface area (Å²) in [5, 5.41) is 0. The highest BCUT2D eigenvalue weighted by Gasteiger charge is 2.44. The number of amides is 2. The zero-order valence-corrected chi connectivity index (χ0v) is 21.5. The second-order valence-corrected chi connectivity index (χ2v) is 10.9. The molecule has 0 unspecified atom stereocenters. The van der Waals surface area contributed by atoms with Crippen LogP contribution in [0.1, 0.15) is 52.2 Å². The Bertz CT molecular complexity index is 1140. The van der Waals surface area contributed by atoms with Crippen molar-refractivity contribution in [2.24, 2.45) is 5.41 Å². The van der Waals surface area contributed by atoms with Crippen molar-refractivity contribution in [2.45, 2.75) is 45.0 Å². The fraction of sp³-hybridized carbons (Fsp3) is 0.500. The number of hydrogen-bond donors (Lipinski definition) is 2. The Morgan fingerprint density at radius 3 is 2.29 bits per heavy atom. The van der Waals surface area contributed by atoms with Crippen LogP contribution >= 0.6 is 22.6 Å².